The van der Waals surface area contributed by atoms with Crippen molar-refractivity contribution < 1.29 is 4.79 Å². The highest BCUT2D eigenvalue weighted by atomic mass is 16.2. The first-order valence-electron chi connectivity index (χ1n) is 8.26. The zero-order valence-corrected chi connectivity index (χ0v) is 13.5. The Labute approximate surface area is 137 Å². The summed E-state index contributed by atoms with van der Waals surface area (Å²) in [6.07, 6.45) is 3.52. The Balaban J connectivity index is 1.56. The van der Waals surface area contributed by atoms with E-state index in [1.807, 2.05) is 36.4 Å². The van der Waals surface area contributed by atoms with Crippen molar-refractivity contribution in [3.05, 3.63) is 54.1 Å². The quantitative estimate of drug-likeness (QED) is 0.873. The lowest BCUT2D eigenvalue weighted by atomic mass is 10.1. The van der Waals surface area contributed by atoms with Gasteiger partial charge < -0.3 is 15.5 Å². The number of hydrogen-bond donors (Lipinski definition) is 2. The number of benzene rings is 2. The van der Waals surface area contributed by atoms with Gasteiger partial charge >= 0.3 is 6.03 Å². The molecule has 0 saturated carbocycles. The minimum atomic E-state index is -0.219. The van der Waals surface area contributed by atoms with E-state index in [4.69, 9.17) is 0 Å². The van der Waals surface area contributed by atoms with Gasteiger partial charge in [-0.05, 0) is 61.2 Å². The number of rotatable bonds is 4. The van der Waals surface area contributed by atoms with E-state index in [-0.39, 0.29) is 6.03 Å². The second kappa shape index (κ2) is 7.18. The van der Waals surface area contributed by atoms with Crippen LogP contribution in [0.5, 0.6) is 0 Å². The highest BCUT2D eigenvalue weighted by Crippen LogP contribution is 2.22. The molecule has 0 atom stereocenters. The summed E-state index contributed by atoms with van der Waals surface area (Å²) in [5.74, 6) is 0. The molecule has 2 aromatic rings. The van der Waals surface area contributed by atoms with Crippen LogP contribution in [0, 0.1) is 0 Å². The van der Waals surface area contributed by atoms with E-state index in [2.05, 4.69) is 34.6 Å². The van der Waals surface area contributed by atoms with E-state index in [9.17, 15) is 4.79 Å². The molecule has 4 heteroatoms. The molecule has 0 radical (unpaired) electrons. The summed E-state index contributed by atoms with van der Waals surface area (Å²) in [7, 11) is 0. The first-order chi connectivity index (χ1) is 11.2. The van der Waals surface area contributed by atoms with Gasteiger partial charge in [0.05, 0.1) is 0 Å². The van der Waals surface area contributed by atoms with Crippen LogP contribution < -0.4 is 15.5 Å². The van der Waals surface area contributed by atoms with E-state index in [1.165, 1.54) is 24.1 Å². The Bertz CT molecular complexity index is 643. The van der Waals surface area contributed by atoms with Crippen LogP contribution >= 0.6 is 0 Å². The van der Waals surface area contributed by atoms with Crippen molar-refractivity contribution in [2.24, 2.45) is 0 Å². The predicted molar refractivity (Wildman–Crippen MR) is 96.4 cm³/mol. The number of aryl methyl sites for hydroxylation is 1. The molecule has 0 spiro atoms. The van der Waals surface area contributed by atoms with Crippen LogP contribution in [0.1, 0.15) is 25.3 Å². The fourth-order valence-electron chi connectivity index (χ4n) is 2.85. The van der Waals surface area contributed by atoms with Gasteiger partial charge in [-0.1, -0.05) is 19.1 Å². The summed E-state index contributed by atoms with van der Waals surface area (Å²) in [6, 6.07) is 15.7. The molecule has 1 heterocycles. The largest absolute Gasteiger partial charge is 0.372 e. The number of carbonyl (C=O) groups excluding carboxylic acids is 1. The van der Waals surface area contributed by atoms with Crippen LogP contribution in [0.4, 0.5) is 21.9 Å². The summed E-state index contributed by atoms with van der Waals surface area (Å²) < 4.78 is 0. The van der Waals surface area contributed by atoms with E-state index >= 15 is 0 Å². The van der Waals surface area contributed by atoms with Crippen molar-refractivity contribution in [3.8, 4) is 0 Å². The third-order valence-corrected chi connectivity index (χ3v) is 4.22. The molecule has 1 aliphatic rings. The van der Waals surface area contributed by atoms with Gasteiger partial charge in [-0.15, -0.1) is 0 Å². The maximum Gasteiger partial charge on any atom is 0.323 e. The standard InChI is InChI=1S/C19H23N3O/c1-2-15-5-7-16(8-6-15)20-19(23)21-17-9-11-18(12-10-17)22-13-3-4-14-22/h5-12H,2-4,13-14H2,1H3,(H2,20,21,23). The van der Waals surface area contributed by atoms with Crippen molar-refractivity contribution in [3.63, 3.8) is 0 Å². The molecule has 120 valence electrons. The van der Waals surface area contributed by atoms with Gasteiger partial charge in [-0.3, -0.25) is 0 Å². The molecule has 1 saturated heterocycles. The summed E-state index contributed by atoms with van der Waals surface area (Å²) >= 11 is 0. The Morgan fingerprint density at radius 1 is 0.913 bits per heavy atom. The average Bonchev–Trinajstić information content (AvgIpc) is 3.11. The number of hydrogen-bond acceptors (Lipinski definition) is 2. The molecule has 0 unspecified atom stereocenters. The number of amides is 2. The van der Waals surface area contributed by atoms with Crippen molar-refractivity contribution in [1.29, 1.82) is 0 Å². The van der Waals surface area contributed by atoms with Gasteiger partial charge in [0.15, 0.2) is 0 Å². The van der Waals surface area contributed by atoms with Crippen molar-refractivity contribution >= 4 is 23.1 Å². The van der Waals surface area contributed by atoms with E-state index < -0.39 is 0 Å². The van der Waals surface area contributed by atoms with Crippen LogP contribution in [-0.2, 0) is 6.42 Å². The highest BCUT2D eigenvalue weighted by Gasteiger charge is 2.12. The third kappa shape index (κ3) is 4.03. The van der Waals surface area contributed by atoms with Crippen molar-refractivity contribution in [2.75, 3.05) is 28.6 Å². The van der Waals surface area contributed by atoms with Crippen molar-refractivity contribution in [2.45, 2.75) is 26.2 Å². The van der Waals surface area contributed by atoms with E-state index in [0.717, 1.165) is 30.9 Å². The number of nitrogens with one attached hydrogen (secondary N) is 2. The minimum Gasteiger partial charge on any atom is -0.372 e. The smallest absolute Gasteiger partial charge is 0.323 e. The third-order valence-electron chi connectivity index (χ3n) is 4.22. The maximum atomic E-state index is 12.0. The van der Waals surface area contributed by atoms with Gasteiger partial charge in [-0.2, -0.15) is 0 Å². The fourth-order valence-corrected chi connectivity index (χ4v) is 2.85. The van der Waals surface area contributed by atoms with Crippen LogP contribution in [0.25, 0.3) is 0 Å². The minimum absolute atomic E-state index is 0.219. The topological polar surface area (TPSA) is 44.4 Å². The molecule has 23 heavy (non-hydrogen) atoms. The van der Waals surface area contributed by atoms with Crippen LogP contribution in [0.15, 0.2) is 48.5 Å². The summed E-state index contributed by atoms with van der Waals surface area (Å²) in [4.78, 5) is 14.4. The van der Waals surface area contributed by atoms with Crippen LogP contribution in [0.3, 0.4) is 0 Å². The van der Waals surface area contributed by atoms with Gasteiger partial charge in [0.2, 0.25) is 0 Å². The molecule has 0 aliphatic carbocycles. The van der Waals surface area contributed by atoms with Gasteiger partial charge in [-0.25, -0.2) is 4.79 Å². The summed E-state index contributed by atoms with van der Waals surface area (Å²) in [5.41, 5.74) is 4.08. The van der Waals surface area contributed by atoms with Gasteiger partial charge in [0.1, 0.15) is 0 Å². The molecule has 0 aromatic heterocycles. The molecule has 1 aliphatic heterocycles. The number of anilines is 3. The van der Waals surface area contributed by atoms with Crippen LogP contribution in [-0.4, -0.2) is 19.1 Å². The second-order valence-electron chi connectivity index (χ2n) is 5.87. The summed E-state index contributed by atoms with van der Waals surface area (Å²) in [6.45, 7) is 4.36. The Kier molecular flexibility index (Phi) is 4.81. The number of carbonyl (C=O) groups is 1. The predicted octanol–water partition coefficient (Wildman–Crippen LogP) is 4.49. The highest BCUT2D eigenvalue weighted by molar-refractivity contribution is 5.99. The average molecular weight is 309 g/mol. The van der Waals surface area contributed by atoms with Crippen molar-refractivity contribution in [1.82, 2.24) is 0 Å². The molecule has 1 fully saturated rings. The summed E-state index contributed by atoms with van der Waals surface area (Å²) in [5, 5.41) is 5.72. The normalized spacial score (nSPS) is 13.9. The van der Waals surface area contributed by atoms with E-state index in [0.29, 0.717) is 0 Å². The molecule has 2 aromatic carbocycles. The first-order valence-corrected chi connectivity index (χ1v) is 8.26. The Morgan fingerprint density at radius 3 is 1.96 bits per heavy atom. The molecular formula is C19H23N3O. The zero-order chi connectivity index (χ0) is 16.1. The monoisotopic (exact) mass is 309 g/mol. The van der Waals surface area contributed by atoms with Gasteiger partial charge in [0, 0.05) is 30.2 Å². The zero-order valence-electron chi connectivity index (χ0n) is 13.5. The lowest BCUT2D eigenvalue weighted by Gasteiger charge is -2.17. The SMILES string of the molecule is CCc1ccc(NC(=O)Nc2ccc(N3CCCC3)cc2)cc1. The second-order valence-corrected chi connectivity index (χ2v) is 5.87. The molecule has 4 nitrogen and oxygen atoms in total. The Morgan fingerprint density at radius 2 is 1.43 bits per heavy atom. The Hall–Kier alpha value is -2.49. The molecular weight excluding hydrogens is 286 g/mol. The maximum absolute atomic E-state index is 12.0. The lowest BCUT2D eigenvalue weighted by Crippen LogP contribution is -2.20. The molecule has 0 bridgehead atoms. The van der Waals surface area contributed by atoms with Gasteiger partial charge in [0.25, 0.3) is 0 Å². The lowest BCUT2D eigenvalue weighted by molar-refractivity contribution is 0.262. The first kappa shape index (κ1) is 15.4. The number of urea groups is 1. The molecule has 2 N–H and O–H groups in total. The molecule has 3 rings (SSSR count). The van der Waals surface area contributed by atoms with Crippen LogP contribution in [0.2, 0.25) is 0 Å². The number of nitrogens with zero attached hydrogens (tertiary/aromatic N) is 1. The molecule has 2 amide bonds. The fraction of sp³-hybridized carbons (Fsp3) is 0.316. The van der Waals surface area contributed by atoms with E-state index in [1.54, 1.807) is 0 Å².